The van der Waals surface area contributed by atoms with E-state index in [1.807, 2.05) is 31.2 Å². The second kappa shape index (κ2) is 9.15. The van der Waals surface area contributed by atoms with Crippen LogP contribution in [0.5, 0.6) is 11.5 Å². The molecule has 1 N–H and O–H groups in total. The van der Waals surface area contributed by atoms with Crippen molar-refractivity contribution in [1.82, 2.24) is 5.43 Å². The van der Waals surface area contributed by atoms with Crippen LogP contribution in [0.4, 0.5) is 0 Å². The van der Waals surface area contributed by atoms with Gasteiger partial charge in [-0.25, -0.2) is 5.43 Å². The molecule has 0 unspecified atom stereocenters. The van der Waals surface area contributed by atoms with Crippen LogP contribution in [0.1, 0.15) is 12.5 Å². The van der Waals surface area contributed by atoms with Crippen molar-refractivity contribution < 1.29 is 14.3 Å². The molecule has 0 saturated carbocycles. The molecule has 0 fully saturated rings. The van der Waals surface area contributed by atoms with Gasteiger partial charge in [0.05, 0.1) is 17.8 Å². The zero-order valence-electron chi connectivity index (χ0n) is 13.0. The van der Waals surface area contributed by atoms with Gasteiger partial charge in [0.25, 0.3) is 5.91 Å². The molecule has 0 heterocycles. The first-order chi connectivity index (χ1) is 11.6. The predicted octanol–water partition coefficient (Wildman–Crippen LogP) is 3.92. The van der Waals surface area contributed by atoms with Crippen LogP contribution in [0.25, 0.3) is 0 Å². The molecule has 0 aliphatic heterocycles. The van der Waals surface area contributed by atoms with Crippen LogP contribution in [0.3, 0.4) is 0 Å². The zero-order chi connectivity index (χ0) is 17.4. The SMILES string of the molecule is CCOc1ccc(C=NNC(=O)COc2ccc(Cl)cc2Cl)cc1. The smallest absolute Gasteiger partial charge is 0.277 e. The Hall–Kier alpha value is -2.24. The van der Waals surface area contributed by atoms with Gasteiger partial charge in [0.2, 0.25) is 0 Å². The first kappa shape index (κ1) is 18.1. The fraction of sp³-hybridized carbons (Fsp3) is 0.176. The van der Waals surface area contributed by atoms with Crippen LogP contribution >= 0.6 is 23.2 Å². The largest absolute Gasteiger partial charge is 0.494 e. The highest BCUT2D eigenvalue weighted by atomic mass is 35.5. The number of ether oxygens (including phenoxy) is 2. The number of amides is 1. The molecule has 0 bridgehead atoms. The van der Waals surface area contributed by atoms with Crippen molar-refractivity contribution in [3.05, 3.63) is 58.1 Å². The van der Waals surface area contributed by atoms with Crippen molar-refractivity contribution in [2.24, 2.45) is 5.10 Å². The van der Waals surface area contributed by atoms with Crippen LogP contribution in [-0.2, 0) is 4.79 Å². The molecule has 2 rings (SSSR count). The van der Waals surface area contributed by atoms with E-state index in [0.717, 1.165) is 11.3 Å². The van der Waals surface area contributed by atoms with Crippen molar-refractivity contribution in [2.45, 2.75) is 6.92 Å². The van der Waals surface area contributed by atoms with E-state index >= 15 is 0 Å². The van der Waals surface area contributed by atoms with Gasteiger partial charge in [-0.05, 0) is 55.0 Å². The van der Waals surface area contributed by atoms with Crippen LogP contribution in [0.15, 0.2) is 47.6 Å². The van der Waals surface area contributed by atoms with Gasteiger partial charge < -0.3 is 9.47 Å². The number of benzene rings is 2. The third-order valence-corrected chi connectivity index (χ3v) is 3.38. The lowest BCUT2D eigenvalue weighted by molar-refractivity contribution is -0.123. The van der Waals surface area contributed by atoms with Gasteiger partial charge in [-0.3, -0.25) is 4.79 Å². The zero-order valence-corrected chi connectivity index (χ0v) is 14.5. The number of halogens is 2. The van der Waals surface area contributed by atoms with Crippen molar-refractivity contribution in [3.8, 4) is 11.5 Å². The number of carbonyl (C=O) groups is 1. The number of hydrogen-bond acceptors (Lipinski definition) is 4. The minimum Gasteiger partial charge on any atom is -0.494 e. The molecule has 0 aliphatic rings. The summed E-state index contributed by atoms with van der Waals surface area (Å²) in [6.07, 6.45) is 1.53. The molecule has 0 spiro atoms. The van der Waals surface area contributed by atoms with E-state index in [1.54, 1.807) is 18.2 Å². The third-order valence-electron chi connectivity index (χ3n) is 2.85. The molecule has 1 amide bonds. The topological polar surface area (TPSA) is 59.9 Å². The lowest BCUT2D eigenvalue weighted by Crippen LogP contribution is -2.24. The van der Waals surface area contributed by atoms with E-state index in [4.69, 9.17) is 32.7 Å². The molecule has 0 aromatic heterocycles. The van der Waals surface area contributed by atoms with E-state index < -0.39 is 5.91 Å². The van der Waals surface area contributed by atoms with Gasteiger partial charge in [-0.1, -0.05) is 23.2 Å². The minimum atomic E-state index is -0.400. The fourth-order valence-corrected chi connectivity index (χ4v) is 2.23. The number of nitrogens with one attached hydrogen (secondary N) is 1. The Balaban J connectivity index is 1.80. The molecule has 7 heteroatoms. The van der Waals surface area contributed by atoms with Crippen molar-refractivity contribution in [1.29, 1.82) is 0 Å². The predicted molar refractivity (Wildman–Crippen MR) is 95.3 cm³/mol. The van der Waals surface area contributed by atoms with E-state index in [1.165, 1.54) is 6.21 Å². The molecule has 24 heavy (non-hydrogen) atoms. The second-order valence-corrected chi connectivity index (χ2v) is 5.50. The number of carbonyl (C=O) groups excluding carboxylic acids is 1. The van der Waals surface area contributed by atoms with Gasteiger partial charge in [0.1, 0.15) is 11.5 Å². The molecule has 5 nitrogen and oxygen atoms in total. The van der Waals surface area contributed by atoms with Gasteiger partial charge in [0, 0.05) is 5.02 Å². The Morgan fingerprint density at radius 2 is 1.92 bits per heavy atom. The molecular formula is C17H16Cl2N2O3. The molecule has 126 valence electrons. The summed E-state index contributed by atoms with van der Waals surface area (Å²) < 4.78 is 10.7. The first-order valence-electron chi connectivity index (χ1n) is 7.21. The highest BCUT2D eigenvalue weighted by Crippen LogP contribution is 2.27. The summed E-state index contributed by atoms with van der Waals surface area (Å²) in [5, 5.41) is 4.70. The molecule has 2 aromatic rings. The number of hydrogen-bond donors (Lipinski definition) is 1. The lowest BCUT2D eigenvalue weighted by Gasteiger charge is -2.07. The summed E-state index contributed by atoms with van der Waals surface area (Å²) in [4.78, 5) is 11.7. The van der Waals surface area contributed by atoms with Gasteiger partial charge in [-0.2, -0.15) is 5.10 Å². The number of hydrazone groups is 1. The normalized spacial score (nSPS) is 10.6. The maximum absolute atomic E-state index is 11.7. The Morgan fingerprint density at radius 1 is 1.17 bits per heavy atom. The van der Waals surface area contributed by atoms with Crippen molar-refractivity contribution in [2.75, 3.05) is 13.2 Å². The Labute approximate surface area is 150 Å². The third kappa shape index (κ3) is 5.76. The molecule has 0 atom stereocenters. The standard InChI is InChI=1S/C17H16Cl2N2O3/c1-2-23-14-6-3-12(4-7-14)10-20-21-17(22)11-24-16-8-5-13(18)9-15(16)19/h3-10H,2,11H2,1H3,(H,21,22). The van der Waals surface area contributed by atoms with E-state index in [0.29, 0.717) is 22.4 Å². The summed E-state index contributed by atoms with van der Waals surface area (Å²) >= 11 is 11.7. The Bertz CT molecular complexity index is 718. The minimum absolute atomic E-state index is 0.206. The van der Waals surface area contributed by atoms with Gasteiger partial charge >= 0.3 is 0 Å². The highest BCUT2D eigenvalue weighted by molar-refractivity contribution is 6.35. The van der Waals surface area contributed by atoms with Crippen LogP contribution in [0.2, 0.25) is 10.0 Å². The van der Waals surface area contributed by atoms with Gasteiger partial charge in [-0.15, -0.1) is 0 Å². The van der Waals surface area contributed by atoms with E-state index in [9.17, 15) is 4.79 Å². The summed E-state index contributed by atoms with van der Waals surface area (Å²) in [6.45, 7) is 2.33. The summed E-state index contributed by atoms with van der Waals surface area (Å²) in [6, 6.07) is 12.1. The van der Waals surface area contributed by atoms with Crippen LogP contribution < -0.4 is 14.9 Å². The van der Waals surface area contributed by atoms with E-state index in [2.05, 4.69) is 10.5 Å². The Kier molecular flexibility index (Phi) is 6.90. The van der Waals surface area contributed by atoms with Crippen molar-refractivity contribution in [3.63, 3.8) is 0 Å². The molecular weight excluding hydrogens is 351 g/mol. The lowest BCUT2D eigenvalue weighted by atomic mass is 10.2. The second-order valence-electron chi connectivity index (χ2n) is 4.66. The maximum Gasteiger partial charge on any atom is 0.277 e. The molecule has 2 aromatic carbocycles. The summed E-state index contributed by atoms with van der Waals surface area (Å²) in [5.74, 6) is 0.766. The molecule has 0 saturated heterocycles. The maximum atomic E-state index is 11.7. The fourth-order valence-electron chi connectivity index (χ4n) is 1.76. The van der Waals surface area contributed by atoms with Crippen LogP contribution in [-0.4, -0.2) is 25.3 Å². The average Bonchev–Trinajstić information content (AvgIpc) is 2.56. The molecule has 0 radical (unpaired) electrons. The monoisotopic (exact) mass is 366 g/mol. The number of nitrogens with zero attached hydrogens (tertiary/aromatic N) is 1. The Morgan fingerprint density at radius 3 is 2.58 bits per heavy atom. The highest BCUT2D eigenvalue weighted by Gasteiger charge is 2.05. The first-order valence-corrected chi connectivity index (χ1v) is 7.96. The quantitative estimate of drug-likeness (QED) is 0.596. The van der Waals surface area contributed by atoms with Crippen LogP contribution in [0, 0.1) is 0 Å². The van der Waals surface area contributed by atoms with Crippen molar-refractivity contribution >= 4 is 35.3 Å². The average molecular weight is 367 g/mol. The summed E-state index contributed by atoms with van der Waals surface area (Å²) in [7, 11) is 0. The van der Waals surface area contributed by atoms with E-state index in [-0.39, 0.29) is 6.61 Å². The molecule has 0 aliphatic carbocycles. The summed E-state index contributed by atoms with van der Waals surface area (Å²) in [5.41, 5.74) is 3.21. The number of rotatable bonds is 7. The van der Waals surface area contributed by atoms with Gasteiger partial charge in [0.15, 0.2) is 6.61 Å².